The van der Waals surface area contributed by atoms with Crippen LogP contribution >= 0.6 is 0 Å². The lowest BCUT2D eigenvalue weighted by Crippen LogP contribution is -2.34. The minimum Gasteiger partial charge on any atom is -0.493 e. The molecule has 0 fully saturated rings. The predicted octanol–water partition coefficient (Wildman–Crippen LogP) is 2.72. The summed E-state index contributed by atoms with van der Waals surface area (Å²) in [6.45, 7) is 5.82. The largest absolute Gasteiger partial charge is 0.493 e. The van der Waals surface area contributed by atoms with Crippen molar-refractivity contribution in [1.82, 2.24) is 5.32 Å². The second kappa shape index (κ2) is 8.25. The Hall–Kier alpha value is -1.97. The van der Waals surface area contributed by atoms with Gasteiger partial charge in [0.15, 0.2) is 11.5 Å². The van der Waals surface area contributed by atoms with E-state index in [-0.39, 0.29) is 11.9 Å². The summed E-state index contributed by atoms with van der Waals surface area (Å²) >= 11 is 0. The minimum absolute atomic E-state index is 0.0180. The van der Waals surface area contributed by atoms with Gasteiger partial charge in [0.05, 0.1) is 20.6 Å². The van der Waals surface area contributed by atoms with E-state index in [2.05, 4.69) is 18.8 Å². The monoisotopic (exact) mass is 277 g/mol. The molecule has 0 saturated heterocycles. The normalized spacial score (nSPS) is 11.6. The summed E-state index contributed by atoms with van der Waals surface area (Å²) in [6.07, 6.45) is 4.00. The third-order valence-electron chi connectivity index (χ3n) is 3.04. The lowest BCUT2D eigenvalue weighted by atomic mass is 10.1. The van der Waals surface area contributed by atoms with Crippen LogP contribution in [0.1, 0.15) is 25.3 Å². The van der Waals surface area contributed by atoms with Crippen LogP contribution in [0.2, 0.25) is 0 Å². The quantitative estimate of drug-likeness (QED) is 0.743. The molecule has 110 valence electrons. The number of rotatable bonds is 8. The SMILES string of the molecule is C=CC(CCC)NC(=O)Cc1ccc(OC)c(OC)c1. The Morgan fingerprint density at radius 3 is 2.60 bits per heavy atom. The zero-order valence-corrected chi connectivity index (χ0v) is 12.4. The average Bonchev–Trinajstić information content (AvgIpc) is 2.46. The molecule has 0 aromatic heterocycles. The van der Waals surface area contributed by atoms with Crippen molar-refractivity contribution in [2.24, 2.45) is 0 Å². The van der Waals surface area contributed by atoms with Gasteiger partial charge in [0.25, 0.3) is 0 Å². The zero-order chi connectivity index (χ0) is 15.0. The van der Waals surface area contributed by atoms with Crippen LogP contribution in [0.15, 0.2) is 30.9 Å². The van der Waals surface area contributed by atoms with Gasteiger partial charge in [-0.25, -0.2) is 0 Å². The van der Waals surface area contributed by atoms with E-state index in [9.17, 15) is 4.79 Å². The fraction of sp³-hybridized carbons (Fsp3) is 0.438. The fourth-order valence-electron chi connectivity index (χ4n) is 1.99. The van der Waals surface area contributed by atoms with E-state index < -0.39 is 0 Å². The highest BCUT2D eigenvalue weighted by Crippen LogP contribution is 2.27. The molecule has 4 nitrogen and oxygen atoms in total. The molecule has 1 atom stereocenters. The highest BCUT2D eigenvalue weighted by molar-refractivity contribution is 5.79. The first-order chi connectivity index (χ1) is 9.64. The number of carbonyl (C=O) groups is 1. The summed E-state index contributed by atoms with van der Waals surface area (Å²) in [5.41, 5.74) is 0.888. The summed E-state index contributed by atoms with van der Waals surface area (Å²) in [7, 11) is 3.17. The average molecular weight is 277 g/mol. The van der Waals surface area contributed by atoms with Gasteiger partial charge in [-0.1, -0.05) is 25.5 Å². The maximum Gasteiger partial charge on any atom is 0.224 e. The molecule has 1 rings (SSSR count). The molecular weight excluding hydrogens is 254 g/mol. The number of ether oxygens (including phenoxy) is 2. The second-order valence-corrected chi connectivity index (χ2v) is 4.56. The van der Waals surface area contributed by atoms with Crippen molar-refractivity contribution in [2.75, 3.05) is 14.2 Å². The molecule has 0 aliphatic rings. The highest BCUT2D eigenvalue weighted by Gasteiger charge is 2.11. The molecular formula is C16H23NO3. The lowest BCUT2D eigenvalue weighted by molar-refractivity contribution is -0.120. The molecule has 0 bridgehead atoms. The van der Waals surface area contributed by atoms with Crippen molar-refractivity contribution in [3.8, 4) is 11.5 Å². The van der Waals surface area contributed by atoms with Crippen molar-refractivity contribution in [1.29, 1.82) is 0 Å². The molecule has 20 heavy (non-hydrogen) atoms. The van der Waals surface area contributed by atoms with Gasteiger partial charge in [-0.05, 0) is 24.1 Å². The van der Waals surface area contributed by atoms with Crippen molar-refractivity contribution >= 4 is 5.91 Å². The van der Waals surface area contributed by atoms with Gasteiger partial charge < -0.3 is 14.8 Å². The van der Waals surface area contributed by atoms with Crippen LogP contribution in [-0.2, 0) is 11.2 Å². The van der Waals surface area contributed by atoms with Gasteiger partial charge in [0.1, 0.15) is 0 Å². The molecule has 1 aromatic carbocycles. The molecule has 0 aliphatic carbocycles. The fourth-order valence-corrected chi connectivity index (χ4v) is 1.99. The molecule has 1 unspecified atom stereocenters. The molecule has 0 saturated carbocycles. The Morgan fingerprint density at radius 1 is 1.35 bits per heavy atom. The number of nitrogens with one attached hydrogen (secondary N) is 1. The molecule has 0 heterocycles. The van der Waals surface area contributed by atoms with Crippen molar-refractivity contribution in [2.45, 2.75) is 32.2 Å². The Bertz CT molecular complexity index is 457. The lowest BCUT2D eigenvalue weighted by Gasteiger charge is -2.14. The molecule has 1 amide bonds. The van der Waals surface area contributed by atoms with Crippen LogP contribution in [0, 0.1) is 0 Å². The van der Waals surface area contributed by atoms with Gasteiger partial charge >= 0.3 is 0 Å². The first-order valence-electron chi connectivity index (χ1n) is 6.77. The van der Waals surface area contributed by atoms with E-state index in [1.807, 2.05) is 12.1 Å². The minimum atomic E-state index is -0.0180. The van der Waals surface area contributed by atoms with Gasteiger partial charge in [0, 0.05) is 6.04 Å². The van der Waals surface area contributed by atoms with E-state index >= 15 is 0 Å². The maximum absolute atomic E-state index is 12.0. The molecule has 0 spiro atoms. The Balaban J connectivity index is 2.68. The van der Waals surface area contributed by atoms with E-state index in [1.165, 1.54) is 0 Å². The van der Waals surface area contributed by atoms with Crippen LogP contribution in [0.25, 0.3) is 0 Å². The summed E-state index contributed by atoms with van der Waals surface area (Å²) in [5, 5.41) is 2.95. The Kier molecular flexibility index (Phi) is 6.64. The standard InChI is InChI=1S/C16H23NO3/c1-5-7-13(6-2)17-16(18)11-12-8-9-14(19-3)15(10-12)20-4/h6,8-10,13H,2,5,7,11H2,1,3-4H3,(H,17,18). The second-order valence-electron chi connectivity index (χ2n) is 4.56. The number of hydrogen-bond donors (Lipinski definition) is 1. The van der Waals surface area contributed by atoms with Crippen LogP contribution in [0.3, 0.4) is 0 Å². The van der Waals surface area contributed by atoms with Crippen LogP contribution in [0.5, 0.6) is 11.5 Å². The van der Waals surface area contributed by atoms with Gasteiger partial charge in [-0.15, -0.1) is 6.58 Å². The van der Waals surface area contributed by atoms with Gasteiger partial charge in [0.2, 0.25) is 5.91 Å². The number of hydrogen-bond acceptors (Lipinski definition) is 3. The van der Waals surface area contributed by atoms with E-state index in [4.69, 9.17) is 9.47 Å². The smallest absolute Gasteiger partial charge is 0.224 e. The predicted molar refractivity (Wildman–Crippen MR) is 80.3 cm³/mol. The number of benzene rings is 1. The van der Waals surface area contributed by atoms with Crippen molar-refractivity contribution in [3.63, 3.8) is 0 Å². The number of carbonyl (C=O) groups excluding carboxylic acids is 1. The van der Waals surface area contributed by atoms with Crippen molar-refractivity contribution < 1.29 is 14.3 Å². The number of methoxy groups -OCH3 is 2. The van der Waals surface area contributed by atoms with E-state index in [0.29, 0.717) is 17.9 Å². The summed E-state index contributed by atoms with van der Waals surface area (Å²) < 4.78 is 10.4. The van der Waals surface area contributed by atoms with Crippen LogP contribution < -0.4 is 14.8 Å². The zero-order valence-electron chi connectivity index (χ0n) is 12.4. The first-order valence-corrected chi connectivity index (χ1v) is 6.77. The van der Waals surface area contributed by atoms with E-state index in [1.54, 1.807) is 26.4 Å². The molecule has 4 heteroatoms. The first kappa shape index (κ1) is 16.1. The van der Waals surface area contributed by atoms with Crippen LogP contribution in [-0.4, -0.2) is 26.2 Å². The van der Waals surface area contributed by atoms with E-state index in [0.717, 1.165) is 18.4 Å². The molecule has 1 N–H and O–H groups in total. The third kappa shape index (κ3) is 4.61. The summed E-state index contributed by atoms with van der Waals surface area (Å²) in [6, 6.07) is 5.52. The molecule has 0 aliphatic heterocycles. The van der Waals surface area contributed by atoms with Gasteiger partial charge in [-0.2, -0.15) is 0 Å². The molecule has 1 aromatic rings. The molecule has 0 radical (unpaired) electrons. The highest BCUT2D eigenvalue weighted by atomic mass is 16.5. The summed E-state index contributed by atoms with van der Waals surface area (Å²) in [5.74, 6) is 1.27. The third-order valence-corrected chi connectivity index (χ3v) is 3.04. The van der Waals surface area contributed by atoms with Gasteiger partial charge in [-0.3, -0.25) is 4.79 Å². The maximum atomic E-state index is 12.0. The Morgan fingerprint density at radius 2 is 2.05 bits per heavy atom. The Labute approximate surface area is 120 Å². The van der Waals surface area contributed by atoms with Crippen molar-refractivity contribution in [3.05, 3.63) is 36.4 Å². The summed E-state index contributed by atoms with van der Waals surface area (Å²) in [4.78, 5) is 12.0. The van der Waals surface area contributed by atoms with Crippen LogP contribution in [0.4, 0.5) is 0 Å². The topological polar surface area (TPSA) is 47.6 Å². The number of amides is 1.